The summed E-state index contributed by atoms with van der Waals surface area (Å²) in [6, 6.07) is 3.56. The number of hydrogen-bond donors (Lipinski definition) is 2. The summed E-state index contributed by atoms with van der Waals surface area (Å²) < 4.78 is 10.3. The van der Waals surface area contributed by atoms with E-state index < -0.39 is 5.91 Å². The maximum atomic E-state index is 10.6. The monoisotopic (exact) mass is 258 g/mol. The Hall–Kier alpha value is -1.46. The van der Waals surface area contributed by atoms with E-state index in [-0.39, 0.29) is 6.54 Å². The van der Waals surface area contributed by atoms with Crippen molar-refractivity contribution in [1.29, 1.82) is 0 Å². The van der Waals surface area contributed by atoms with Gasteiger partial charge in [0.2, 0.25) is 5.91 Å². The second-order valence-corrected chi connectivity index (χ2v) is 3.72. The number of carbonyl (C=O) groups excluding carboxylic acids is 1. The number of primary amides is 1. The Balaban J connectivity index is 2.83. The molecule has 0 heterocycles. The Kier molecular flexibility index (Phi) is 5.06. The number of rotatable bonds is 6. The first-order chi connectivity index (χ1) is 8.10. The van der Waals surface area contributed by atoms with Gasteiger partial charge in [-0.2, -0.15) is 0 Å². The molecule has 0 bridgehead atoms. The zero-order chi connectivity index (χ0) is 12.8. The third kappa shape index (κ3) is 3.51. The third-order valence-electron chi connectivity index (χ3n) is 2.18. The van der Waals surface area contributed by atoms with E-state index in [1.807, 2.05) is 0 Å². The van der Waals surface area contributed by atoms with Crippen molar-refractivity contribution < 1.29 is 14.3 Å². The van der Waals surface area contributed by atoms with E-state index in [1.54, 1.807) is 19.2 Å². The number of benzene rings is 1. The van der Waals surface area contributed by atoms with Gasteiger partial charge in [-0.3, -0.25) is 4.79 Å². The summed E-state index contributed by atoms with van der Waals surface area (Å²) in [5, 5.41) is 3.34. The van der Waals surface area contributed by atoms with Crippen molar-refractivity contribution in [2.45, 2.75) is 6.54 Å². The van der Waals surface area contributed by atoms with Gasteiger partial charge in [-0.25, -0.2) is 0 Å². The van der Waals surface area contributed by atoms with Crippen molar-refractivity contribution in [3.05, 3.63) is 22.7 Å². The van der Waals surface area contributed by atoms with E-state index in [0.29, 0.717) is 23.1 Å². The van der Waals surface area contributed by atoms with Gasteiger partial charge in [0, 0.05) is 6.54 Å². The number of ether oxygens (including phenoxy) is 2. The summed E-state index contributed by atoms with van der Waals surface area (Å²) in [5.74, 6) is 0.630. The van der Waals surface area contributed by atoms with Crippen LogP contribution in [0.25, 0.3) is 0 Å². The molecular formula is C11H15ClN2O3. The Morgan fingerprint density at radius 2 is 2.12 bits per heavy atom. The lowest BCUT2D eigenvalue weighted by atomic mass is 10.2. The fourth-order valence-corrected chi connectivity index (χ4v) is 1.69. The van der Waals surface area contributed by atoms with Gasteiger partial charge in [0.1, 0.15) is 0 Å². The van der Waals surface area contributed by atoms with Gasteiger partial charge in [0.25, 0.3) is 0 Å². The van der Waals surface area contributed by atoms with Crippen LogP contribution in [0.3, 0.4) is 0 Å². The topological polar surface area (TPSA) is 73.6 Å². The molecule has 0 radical (unpaired) electrons. The highest BCUT2D eigenvalue weighted by molar-refractivity contribution is 6.33. The third-order valence-corrected chi connectivity index (χ3v) is 2.59. The molecule has 94 valence electrons. The van der Waals surface area contributed by atoms with Crippen molar-refractivity contribution >= 4 is 17.5 Å². The fraction of sp³-hybridized carbons (Fsp3) is 0.364. The minimum atomic E-state index is -0.415. The van der Waals surface area contributed by atoms with Crippen molar-refractivity contribution in [3.63, 3.8) is 0 Å². The molecule has 1 rings (SSSR count). The SMILES string of the molecule is COc1ccc(CNCC(N)=O)c(Cl)c1OC. The van der Waals surface area contributed by atoms with Gasteiger partial charge >= 0.3 is 0 Å². The highest BCUT2D eigenvalue weighted by atomic mass is 35.5. The molecule has 3 N–H and O–H groups in total. The molecule has 0 saturated heterocycles. The van der Waals surface area contributed by atoms with E-state index in [2.05, 4.69) is 5.32 Å². The van der Waals surface area contributed by atoms with Crippen molar-refractivity contribution in [2.24, 2.45) is 5.73 Å². The second-order valence-electron chi connectivity index (χ2n) is 3.34. The molecule has 0 atom stereocenters. The number of nitrogens with two attached hydrogens (primary N) is 1. The fourth-order valence-electron chi connectivity index (χ4n) is 1.39. The lowest BCUT2D eigenvalue weighted by molar-refractivity contribution is -0.117. The Bertz CT molecular complexity index is 410. The van der Waals surface area contributed by atoms with Crippen LogP contribution in [-0.4, -0.2) is 26.7 Å². The Labute approximate surface area is 105 Å². The van der Waals surface area contributed by atoms with E-state index in [9.17, 15) is 4.79 Å². The Morgan fingerprint density at radius 1 is 1.41 bits per heavy atom. The van der Waals surface area contributed by atoms with E-state index in [0.717, 1.165) is 5.56 Å². The van der Waals surface area contributed by atoms with Gasteiger partial charge in [0.05, 0.1) is 25.8 Å². The normalized spacial score (nSPS) is 10.1. The molecule has 0 fully saturated rings. The number of carbonyl (C=O) groups is 1. The molecule has 1 amide bonds. The van der Waals surface area contributed by atoms with Gasteiger partial charge in [-0.05, 0) is 11.6 Å². The molecule has 0 saturated carbocycles. The molecule has 0 spiro atoms. The number of nitrogens with one attached hydrogen (secondary N) is 1. The predicted octanol–water partition coefficient (Wildman–Crippen LogP) is 0.932. The van der Waals surface area contributed by atoms with Crippen molar-refractivity contribution in [3.8, 4) is 11.5 Å². The van der Waals surface area contributed by atoms with Crippen LogP contribution in [0.2, 0.25) is 5.02 Å². The quantitative estimate of drug-likeness (QED) is 0.796. The van der Waals surface area contributed by atoms with Crippen LogP contribution in [0.4, 0.5) is 0 Å². The number of hydrogen-bond acceptors (Lipinski definition) is 4. The number of amides is 1. The summed E-state index contributed by atoms with van der Waals surface area (Å²) in [5.41, 5.74) is 5.83. The summed E-state index contributed by atoms with van der Waals surface area (Å²) in [6.45, 7) is 0.535. The highest BCUT2D eigenvalue weighted by Gasteiger charge is 2.12. The van der Waals surface area contributed by atoms with Crippen LogP contribution < -0.4 is 20.5 Å². The molecule has 0 aliphatic carbocycles. The molecule has 0 aliphatic rings. The number of methoxy groups -OCH3 is 2. The van der Waals surface area contributed by atoms with Gasteiger partial charge in [-0.1, -0.05) is 17.7 Å². The molecule has 1 aromatic rings. The van der Waals surface area contributed by atoms with E-state index >= 15 is 0 Å². The first-order valence-corrected chi connectivity index (χ1v) is 5.36. The molecule has 0 aliphatic heterocycles. The van der Waals surface area contributed by atoms with Crippen LogP contribution in [0.1, 0.15) is 5.56 Å². The molecule has 0 unspecified atom stereocenters. The summed E-state index contributed by atoms with van der Waals surface area (Å²) in [4.78, 5) is 10.6. The average molecular weight is 259 g/mol. The average Bonchev–Trinajstić information content (AvgIpc) is 2.30. The van der Waals surface area contributed by atoms with Crippen molar-refractivity contribution in [1.82, 2.24) is 5.32 Å². The molecule has 6 heteroatoms. The Morgan fingerprint density at radius 3 is 2.65 bits per heavy atom. The molecular weight excluding hydrogens is 244 g/mol. The minimum absolute atomic E-state index is 0.102. The van der Waals surface area contributed by atoms with Crippen LogP contribution in [0, 0.1) is 0 Å². The summed E-state index contributed by atoms with van der Waals surface area (Å²) >= 11 is 6.15. The van der Waals surface area contributed by atoms with Crippen LogP contribution in [0.5, 0.6) is 11.5 Å². The zero-order valence-electron chi connectivity index (χ0n) is 9.75. The zero-order valence-corrected chi connectivity index (χ0v) is 10.5. The standard InChI is InChI=1S/C11H15ClN2O3/c1-16-8-4-3-7(5-14-6-9(13)15)10(12)11(8)17-2/h3-4,14H,5-6H2,1-2H3,(H2,13,15). The van der Waals surface area contributed by atoms with Crippen LogP contribution >= 0.6 is 11.6 Å². The van der Waals surface area contributed by atoms with E-state index in [1.165, 1.54) is 7.11 Å². The first kappa shape index (κ1) is 13.6. The first-order valence-electron chi connectivity index (χ1n) is 4.98. The van der Waals surface area contributed by atoms with Gasteiger partial charge in [-0.15, -0.1) is 0 Å². The van der Waals surface area contributed by atoms with E-state index in [4.69, 9.17) is 26.8 Å². The molecule has 17 heavy (non-hydrogen) atoms. The maximum absolute atomic E-state index is 10.6. The summed E-state index contributed by atoms with van der Waals surface area (Å²) in [7, 11) is 3.06. The maximum Gasteiger partial charge on any atom is 0.231 e. The largest absolute Gasteiger partial charge is 0.493 e. The second kappa shape index (κ2) is 6.32. The van der Waals surface area contributed by atoms with Gasteiger partial charge in [0.15, 0.2) is 11.5 Å². The molecule has 5 nitrogen and oxygen atoms in total. The lowest BCUT2D eigenvalue weighted by Crippen LogP contribution is -2.28. The highest BCUT2D eigenvalue weighted by Crippen LogP contribution is 2.37. The summed E-state index contributed by atoms with van der Waals surface area (Å²) in [6.07, 6.45) is 0. The molecule has 1 aromatic carbocycles. The molecule has 0 aromatic heterocycles. The minimum Gasteiger partial charge on any atom is -0.493 e. The van der Waals surface area contributed by atoms with Crippen molar-refractivity contribution in [2.75, 3.05) is 20.8 Å². The van der Waals surface area contributed by atoms with Crippen LogP contribution in [0.15, 0.2) is 12.1 Å². The lowest BCUT2D eigenvalue weighted by Gasteiger charge is -2.12. The smallest absolute Gasteiger partial charge is 0.231 e. The van der Waals surface area contributed by atoms with Gasteiger partial charge < -0.3 is 20.5 Å². The number of halogens is 1. The predicted molar refractivity (Wildman–Crippen MR) is 65.5 cm³/mol. The van der Waals surface area contributed by atoms with Crippen LogP contribution in [-0.2, 0) is 11.3 Å².